The monoisotopic (exact) mass is 232 g/mol. The van der Waals surface area contributed by atoms with Gasteiger partial charge in [0.05, 0.1) is 6.10 Å². The van der Waals surface area contributed by atoms with Gasteiger partial charge in [-0.05, 0) is 43.9 Å². The van der Waals surface area contributed by atoms with Crippen molar-refractivity contribution >= 4 is 23.2 Å². The summed E-state index contributed by atoms with van der Waals surface area (Å²) in [6, 6.07) is 5.53. The molecule has 1 N–H and O–H groups in total. The molecule has 0 saturated heterocycles. The molecule has 78 valence electrons. The number of rotatable bonds is 4. The van der Waals surface area contributed by atoms with Crippen molar-refractivity contribution in [1.82, 2.24) is 0 Å². The largest absolute Gasteiger partial charge is 0.393 e. The average molecular weight is 233 g/mol. The average Bonchev–Trinajstić information content (AvgIpc) is 2.08. The van der Waals surface area contributed by atoms with Crippen molar-refractivity contribution in [2.75, 3.05) is 0 Å². The van der Waals surface area contributed by atoms with E-state index in [4.69, 9.17) is 28.3 Å². The van der Waals surface area contributed by atoms with Gasteiger partial charge in [-0.1, -0.05) is 29.3 Å². The Kier molecular flexibility index (Phi) is 4.73. The summed E-state index contributed by atoms with van der Waals surface area (Å²) in [6.07, 6.45) is 2.40. The molecule has 0 aliphatic carbocycles. The minimum absolute atomic E-state index is 0.235. The van der Waals surface area contributed by atoms with E-state index >= 15 is 0 Å². The zero-order chi connectivity index (χ0) is 10.6. The molecule has 0 heterocycles. The molecule has 1 aromatic carbocycles. The standard InChI is InChI=1S/C11H14Cl2O/c1-8(14)3-2-4-9-5-6-10(12)7-11(9)13/h5-8,14H,2-4H2,1H3. The van der Waals surface area contributed by atoms with Crippen LogP contribution in [0.4, 0.5) is 0 Å². The van der Waals surface area contributed by atoms with Crippen molar-refractivity contribution in [1.29, 1.82) is 0 Å². The highest BCUT2D eigenvalue weighted by molar-refractivity contribution is 6.35. The van der Waals surface area contributed by atoms with E-state index in [2.05, 4.69) is 0 Å². The quantitative estimate of drug-likeness (QED) is 0.840. The molecule has 14 heavy (non-hydrogen) atoms. The second-order valence-corrected chi connectivity index (χ2v) is 4.32. The third-order valence-corrected chi connectivity index (χ3v) is 2.67. The van der Waals surface area contributed by atoms with Crippen molar-refractivity contribution in [3.8, 4) is 0 Å². The van der Waals surface area contributed by atoms with E-state index < -0.39 is 0 Å². The number of hydrogen-bond acceptors (Lipinski definition) is 1. The Hall–Kier alpha value is -0.240. The fraction of sp³-hybridized carbons (Fsp3) is 0.455. The molecular formula is C11H14Cl2O. The highest BCUT2D eigenvalue weighted by Crippen LogP contribution is 2.22. The molecule has 3 heteroatoms. The summed E-state index contributed by atoms with van der Waals surface area (Å²) in [5, 5.41) is 10.5. The summed E-state index contributed by atoms with van der Waals surface area (Å²) in [5.41, 5.74) is 1.09. The van der Waals surface area contributed by atoms with Crippen LogP contribution in [-0.2, 0) is 6.42 Å². The zero-order valence-electron chi connectivity index (χ0n) is 8.13. The van der Waals surface area contributed by atoms with E-state index in [-0.39, 0.29) is 6.10 Å². The van der Waals surface area contributed by atoms with Crippen molar-refractivity contribution < 1.29 is 5.11 Å². The van der Waals surface area contributed by atoms with Crippen LogP contribution in [0.1, 0.15) is 25.3 Å². The first-order valence-corrected chi connectivity index (χ1v) is 5.47. The maximum Gasteiger partial charge on any atom is 0.0512 e. The van der Waals surface area contributed by atoms with Crippen LogP contribution in [0.25, 0.3) is 0 Å². The first-order valence-electron chi connectivity index (χ1n) is 4.71. The van der Waals surface area contributed by atoms with Crippen LogP contribution in [-0.4, -0.2) is 11.2 Å². The maximum atomic E-state index is 9.09. The van der Waals surface area contributed by atoms with Gasteiger partial charge in [0.15, 0.2) is 0 Å². The molecule has 0 amide bonds. The Labute approximate surface area is 94.7 Å². The third-order valence-electron chi connectivity index (χ3n) is 2.08. The summed E-state index contributed by atoms with van der Waals surface area (Å²) in [6.45, 7) is 1.80. The molecule has 0 aliphatic rings. The summed E-state index contributed by atoms with van der Waals surface area (Å²) in [5.74, 6) is 0. The fourth-order valence-corrected chi connectivity index (χ4v) is 1.82. The number of aliphatic hydroxyl groups excluding tert-OH is 1. The van der Waals surface area contributed by atoms with E-state index in [1.807, 2.05) is 12.1 Å². The molecule has 0 saturated carbocycles. The molecule has 0 fully saturated rings. The first-order chi connectivity index (χ1) is 6.59. The van der Waals surface area contributed by atoms with Crippen LogP contribution in [0.5, 0.6) is 0 Å². The summed E-state index contributed by atoms with van der Waals surface area (Å²) in [4.78, 5) is 0. The van der Waals surface area contributed by atoms with Gasteiger partial charge in [-0.15, -0.1) is 0 Å². The lowest BCUT2D eigenvalue weighted by Crippen LogP contribution is -2.00. The minimum atomic E-state index is -0.235. The predicted octanol–water partition coefficient (Wildman–Crippen LogP) is 3.70. The van der Waals surface area contributed by atoms with Gasteiger partial charge in [-0.2, -0.15) is 0 Å². The molecule has 0 spiro atoms. The fourth-order valence-electron chi connectivity index (χ4n) is 1.31. The van der Waals surface area contributed by atoms with Crippen molar-refractivity contribution in [2.24, 2.45) is 0 Å². The zero-order valence-corrected chi connectivity index (χ0v) is 9.65. The molecule has 1 rings (SSSR count). The number of aliphatic hydroxyl groups is 1. The van der Waals surface area contributed by atoms with Crippen LogP contribution in [0.3, 0.4) is 0 Å². The van der Waals surface area contributed by atoms with Gasteiger partial charge >= 0.3 is 0 Å². The highest BCUT2D eigenvalue weighted by atomic mass is 35.5. The second kappa shape index (κ2) is 5.59. The van der Waals surface area contributed by atoms with Crippen molar-refractivity contribution in [3.05, 3.63) is 33.8 Å². The van der Waals surface area contributed by atoms with Gasteiger partial charge in [0.2, 0.25) is 0 Å². The lowest BCUT2D eigenvalue weighted by atomic mass is 10.1. The van der Waals surface area contributed by atoms with Gasteiger partial charge < -0.3 is 5.11 Å². The lowest BCUT2D eigenvalue weighted by molar-refractivity contribution is 0.182. The summed E-state index contributed by atoms with van der Waals surface area (Å²) in [7, 11) is 0. The Bertz CT molecular complexity index is 297. The second-order valence-electron chi connectivity index (χ2n) is 3.48. The van der Waals surface area contributed by atoms with Gasteiger partial charge in [0, 0.05) is 10.0 Å². The smallest absolute Gasteiger partial charge is 0.0512 e. The third kappa shape index (κ3) is 3.87. The van der Waals surface area contributed by atoms with Crippen LogP contribution in [0.2, 0.25) is 10.0 Å². The molecule has 1 nitrogen and oxygen atoms in total. The van der Waals surface area contributed by atoms with Crippen LogP contribution in [0, 0.1) is 0 Å². The Morgan fingerprint density at radius 3 is 2.64 bits per heavy atom. The van der Waals surface area contributed by atoms with E-state index in [0.717, 1.165) is 24.8 Å². The van der Waals surface area contributed by atoms with Gasteiger partial charge in [-0.25, -0.2) is 0 Å². The lowest BCUT2D eigenvalue weighted by Gasteiger charge is -2.06. The van der Waals surface area contributed by atoms with Crippen molar-refractivity contribution in [3.63, 3.8) is 0 Å². The predicted molar refractivity (Wildman–Crippen MR) is 61.1 cm³/mol. The Balaban J connectivity index is 2.51. The first kappa shape index (κ1) is 11.8. The van der Waals surface area contributed by atoms with E-state index in [0.29, 0.717) is 10.0 Å². The number of aryl methyl sites for hydroxylation is 1. The van der Waals surface area contributed by atoms with Gasteiger partial charge in [-0.3, -0.25) is 0 Å². The number of benzene rings is 1. The van der Waals surface area contributed by atoms with Crippen LogP contribution < -0.4 is 0 Å². The molecule has 1 atom stereocenters. The minimum Gasteiger partial charge on any atom is -0.393 e. The topological polar surface area (TPSA) is 20.2 Å². The van der Waals surface area contributed by atoms with Crippen molar-refractivity contribution in [2.45, 2.75) is 32.3 Å². The normalized spacial score (nSPS) is 12.9. The Morgan fingerprint density at radius 1 is 1.36 bits per heavy atom. The van der Waals surface area contributed by atoms with Crippen LogP contribution >= 0.6 is 23.2 Å². The maximum absolute atomic E-state index is 9.09. The SMILES string of the molecule is CC(O)CCCc1ccc(Cl)cc1Cl. The molecule has 0 aliphatic heterocycles. The van der Waals surface area contributed by atoms with E-state index in [1.54, 1.807) is 13.0 Å². The highest BCUT2D eigenvalue weighted by Gasteiger charge is 2.02. The molecule has 0 radical (unpaired) electrons. The van der Waals surface area contributed by atoms with Gasteiger partial charge in [0.1, 0.15) is 0 Å². The molecule has 0 aromatic heterocycles. The number of hydrogen-bond donors (Lipinski definition) is 1. The Morgan fingerprint density at radius 2 is 2.07 bits per heavy atom. The van der Waals surface area contributed by atoms with Crippen LogP contribution in [0.15, 0.2) is 18.2 Å². The molecule has 1 aromatic rings. The molecule has 1 unspecified atom stereocenters. The summed E-state index contributed by atoms with van der Waals surface area (Å²) < 4.78 is 0. The van der Waals surface area contributed by atoms with Gasteiger partial charge in [0.25, 0.3) is 0 Å². The molecule has 0 bridgehead atoms. The van der Waals surface area contributed by atoms with E-state index in [1.165, 1.54) is 0 Å². The van der Waals surface area contributed by atoms with E-state index in [9.17, 15) is 0 Å². The number of halogens is 2. The summed E-state index contributed by atoms with van der Waals surface area (Å²) >= 11 is 11.8. The molecular weight excluding hydrogens is 219 g/mol.